The van der Waals surface area contributed by atoms with Gasteiger partial charge in [-0.05, 0) is 25.1 Å². The van der Waals surface area contributed by atoms with Crippen LogP contribution in [-0.2, 0) is 0 Å². The van der Waals surface area contributed by atoms with Gasteiger partial charge in [0.25, 0.3) is 0 Å². The van der Waals surface area contributed by atoms with E-state index in [1.807, 2.05) is 25.1 Å². The third-order valence-electron chi connectivity index (χ3n) is 2.06. The van der Waals surface area contributed by atoms with Crippen LogP contribution in [0.3, 0.4) is 0 Å². The Kier molecular flexibility index (Phi) is 4.44. The summed E-state index contributed by atoms with van der Waals surface area (Å²) in [6.45, 7) is 2.78. The fraction of sp³-hybridized carbons (Fsp3) is 0.273. The summed E-state index contributed by atoms with van der Waals surface area (Å²) in [4.78, 5) is 4.23. The lowest BCUT2D eigenvalue weighted by molar-refractivity contribution is 0.968. The standard InChI is InChI=1S/C11H13BrN4S/c1-8-14-11(16-15-8)17-6-5-13-10-4-2-3-9(12)7-10/h2-4,7,13H,5-6H2,1H3,(H,14,15,16). The minimum absolute atomic E-state index is 0.804. The second-order valence-electron chi connectivity index (χ2n) is 3.49. The van der Waals surface area contributed by atoms with Crippen LogP contribution in [0.5, 0.6) is 0 Å². The van der Waals surface area contributed by atoms with Crippen LogP contribution >= 0.6 is 27.7 Å². The van der Waals surface area contributed by atoms with Gasteiger partial charge in [0.15, 0.2) is 0 Å². The average molecular weight is 313 g/mol. The first-order chi connectivity index (χ1) is 8.24. The lowest BCUT2D eigenvalue weighted by atomic mass is 10.3. The Morgan fingerprint density at radius 2 is 2.35 bits per heavy atom. The summed E-state index contributed by atoms with van der Waals surface area (Å²) in [6.07, 6.45) is 0. The predicted molar refractivity (Wildman–Crippen MR) is 74.5 cm³/mol. The van der Waals surface area contributed by atoms with E-state index < -0.39 is 0 Å². The number of benzene rings is 1. The van der Waals surface area contributed by atoms with Crippen molar-refractivity contribution < 1.29 is 0 Å². The van der Waals surface area contributed by atoms with E-state index in [0.29, 0.717) is 0 Å². The summed E-state index contributed by atoms with van der Waals surface area (Å²) in [5.41, 5.74) is 1.12. The Morgan fingerprint density at radius 1 is 1.47 bits per heavy atom. The SMILES string of the molecule is Cc1nc(SCCNc2cccc(Br)c2)n[nH]1. The molecule has 0 saturated carbocycles. The quantitative estimate of drug-likeness (QED) is 0.658. The van der Waals surface area contributed by atoms with Gasteiger partial charge in [-0.25, -0.2) is 4.98 Å². The van der Waals surface area contributed by atoms with Crippen molar-refractivity contribution in [1.29, 1.82) is 0 Å². The molecule has 0 saturated heterocycles. The highest BCUT2D eigenvalue weighted by atomic mass is 79.9. The lowest BCUT2D eigenvalue weighted by Crippen LogP contribution is -2.03. The number of nitrogens with zero attached hydrogens (tertiary/aromatic N) is 2. The molecule has 0 aliphatic heterocycles. The molecule has 2 aromatic rings. The molecule has 1 aromatic carbocycles. The Balaban J connectivity index is 1.73. The number of rotatable bonds is 5. The number of anilines is 1. The van der Waals surface area contributed by atoms with Crippen LogP contribution in [0.25, 0.3) is 0 Å². The molecule has 0 atom stereocenters. The molecule has 2 rings (SSSR count). The minimum Gasteiger partial charge on any atom is -0.384 e. The molecule has 0 aliphatic rings. The Bertz CT molecular complexity index is 486. The first kappa shape index (κ1) is 12.4. The average Bonchev–Trinajstić information content (AvgIpc) is 2.71. The zero-order valence-corrected chi connectivity index (χ0v) is 11.8. The normalized spacial score (nSPS) is 10.5. The first-order valence-electron chi connectivity index (χ1n) is 5.25. The lowest BCUT2D eigenvalue weighted by Gasteiger charge is -2.05. The highest BCUT2D eigenvalue weighted by Gasteiger charge is 1.99. The molecule has 0 unspecified atom stereocenters. The van der Waals surface area contributed by atoms with Gasteiger partial charge < -0.3 is 5.32 Å². The van der Waals surface area contributed by atoms with Gasteiger partial charge in [0.05, 0.1) is 0 Å². The highest BCUT2D eigenvalue weighted by Crippen LogP contribution is 2.16. The van der Waals surface area contributed by atoms with E-state index in [4.69, 9.17) is 0 Å². The zero-order valence-electron chi connectivity index (χ0n) is 9.40. The summed E-state index contributed by atoms with van der Waals surface area (Å²) in [7, 11) is 0. The fourth-order valence-electron chi connectivity index (χ4n) is 1.32. The number of aromatic amines is 1. The van der Waals surface area contributed by atoms with Gasteiger partial charge in [-0.3, -0.25) is 5.10 Å². The molecule has 2 N–H and O–H groups in total. The predicted octanol–water partition coefficient (Wildman–Crippen LogP) is 3.08. The molecule has 0 bridgehead atoms. The molecular formula is C11H13BrN4S. The Hall–Kier alpha value is -1.01. The van der Waals surface area contributed by atoms with Crippen molar-refractivity contribution in [3.05, 3.63) is 34.6 Å². The summed E-state index contributed by atoms with van der Waals surface area (Å²) in [5, 5.41) is 11.0. The van der Waals surface area contributed by atoms with Crippen molar-refractivity contribution in [2.24, 2.45) is 0 Å². The third kappa shape index (κ3) is 4.05. The van der Waals surface area contributed by atoms with Crippen molar-refractivity contribution in [2.45, 2.75) is 12.1 Å². The summed E-state index contributed by atoms with van der Waals surface area (Å²) in [6, 6.07) is 8.13. The molecular weight excluding hydrogens is 300 g/mol. The fourth-order valence-corrected chi connectivity index (χ4v) is 2.42. The maximum Gasteiger partial charge on any atom is 0.208 e. The number of hydrogen-bond donors (Lipinski definition) is 2. The number of hydrogen-bond acceptors (Lipinski definition) is 4. The van der Waals surface area contributed by atoms with Crippen molar-refractivity contribution >= 4 is 33.4 Å². The zero-order chi connectivity index (χ0) is 12.1. The van der Waals surface area contributed by atoms with Crippen LogP contribution < -0.4 is 5.32 Å². The van der Waals surface area contributed by atoms with Crippen LogP contribution in [0.2, 0.25) is 0 Å². The van der Waals surface area contributed by atoms with Gasteiger partial charge in [0.2, 0.25) is 5.16 Å². The van der Waals surface area contributed by atoms with E-state index in [2.05, 4.69) is 42.5 Å². The second-order valence-corrected chi connectivity index (χ2v) is 5.47. The second kappa shape index (κ2) is 6.07. The number of nitrogens with one attached hydrogen (secondary N) is 2. The van der Waals surface area contributed by atoms with E-state index in [9.17, 15) is 0 Å². The number of aromatic nitrogens is 3. The van der Waals surface area contributed by atoms with Gasteiger partial charge in [0.1, 0.15) is 5.82 Å². The van der Waals surface area contributed by atoms with E-state index in [1.54, 1.807) is 11.8 Å². The van der Waals surface area contributed by atoms with Crippen molar-refractivity contribution in [3.63, 3.8) is 0 Å². The number of H-pyrrole nitrogens is 1. The summed E-state index contributed by atoms with van der Waals surface area (Å²) < 4.78 is 1.08. The van der Waals surface area contributed by atoms with Gasteiger partial charge >= 0.3 is 0 Å². The van der Waals surface area contributed by atoms with Crippen molar-refractivity contribution in [2.75, 3.05) is 17.6 Å². The molecule has 0 spiro atoms. The minimum atomic E-state index is 0.804. The maximum atomic E-state index is 4.23. The smallest absolute Gasteiger partial charge is 0.208 e. The van der Waals surface area contributed by atoms with Crippen LogP contribution in [0.1, 0.15) is 5.82 Å². The van der Waals surface area contributed by atoms with E-state index in [0.717, 1.165) is 33.4 Å². The number of thioether (sulfide) groups is 1. The van der Waals surface area contributed by atoms with Crippen LogP contribution in [0.15, 0.2) is 33.9 Å². The molecule has 1 heterocycles. The largest absolute Gasteiger partial charge is 0.384 e. The van der Waals surface area contributed by atoms with Crippen molar-refractivity contribution in [1.82, 2.24) is 15.2 Å². The Morgan fingerprint density at radius 3 is 3.06 bits per heavy atom. The number of aryl methyl sites for hydroxylation is 1. The molecule has 0 aliphatic carbocycles. The molecule has 0 amide bonds. The van der Waals surface area contributed by atoms with Crippen LogP contribution in [0, 0.1) is 6.92 Å². The van der Waals surface area contributed by atoms with Gasteiger partial charge in [-0.1, -0.05) is 33.8 Å². The summed E-state index contributed by atoms with van der Waals surface area (Å²) >= 11 is 5.08. The molecule has 4 nitrogen and oxygen atoms in total. The first-order valence-corrected chi connectivity index (χ1v) is 7.03. The Labute approximate surface area is 113 Å². The monoisotopic (exact) mass is 312 g/mol. The van der Waals surface area contributed by atoms with Gasteiger partial charge in [-0.2, -0.15) is 0 Å². The van der Waals surface area contributed by atoms with Crippen molar-refractivity contribution in [3.8, 4) is 0 Å². The molecule has 17 heavy (non-hydrogen) atoms. The van der Waals surface area contributed by atoms with E-state index in [-0.39, 0.29) is 0 Å². The van der Waals surface area contributed by atoms with Crippen LogP contribution in [0.4, 0.5) is 5.69 Å². The van der Waals surface area contributed by atoms with E-state index >= 15 is 0 Å². The molecule has 6 heteroatoms. The summed E-state index contributed by atoms with van der Waals surface area (Å²) in [5.74, 6) is 1.79. The van der Waals surface area contributed by atoms with Gasteiger partial charge in [-0.15, -0.1) is 5.10 Å². The highest BCUT2D eigenvalue weighted by molar-refractivity contribution is 9.10. The van der Waals surface area contributed by atoms with Gasteiger partial charge in [0, 0.05) is 22.5 Å². The topological polar surface area (TPSA) is 53.6 Å². The number of halogens is 1. The molecule has 90 valence electrons. The molecule has 0 radical (unpaired) electrons. The van der Waals surface area contributed by atoms with E-state index in [1.165, 1.54) is 0 Å². The van der Waals surface area contributed by atoms with Crippen LogP contribution in [-0.4, -0.2) is 27.5 Å². The molecule has 1 aromatic heterocycles. The maximum absolute atomic E-state index is 4.23. The third-order valence-corrected chi connectivity index (χ3v) is 3.41. The molecule has 0 fully saturated rings.